The van der Waals surface area contributed by atoms with E-state index >= 15 is 0 Å². The summed E-state index contributed by atoms with van der Waals surface area (Å²) in [4.78, 5) is 25.7. The van der Waals surface area contributed by atoms with E-state index in [1.807, 2.05) is 6.07 Å². The third-order valence-electron chi connectivity index (χ3n) is 5.17. The van der Waals surface area contributed by atoms with Gasteiger partial charge in [0.1, 0.15) is 11.8 Å². The molecule has 2 aromatic carbocycles. The summed E-state index contributed by atoms with van der Waals surface area (Å²) in [6.07, 6.45) is 1.08. The highest BCUT2D eigenvalue weighted by atomic mass is 32.2. The Morgan fingerprint density at radius 3 is 2.24 bits per heavy atom. The first-order chi connectivity index (χ1) is 16.1. The maximum Gasteiger partial charge on any atom is 0.322 e. The van der Waals surface area contributed by atoms with E-state index in [0.717, 1.165) is 4.31 Å². The number of carbonyl (C=O) groups excluding carboxylic acids is 1. The van der Waals surface area contributed by atoms with E-state index in [1.54, 1.807) is 43.3 Å². The van der Waals surface area contributed by atoms with E-state index in [9.17, 15) is 23.1 Å². The Morgan fingerprint density at radius 1 is 1.03 bits per heavy atom. The van der Waals surface area contributed by atoms with Gasteiger partial charge < -0.3 is 20.1 Å². The number of aliphatic carboxylic acids is 1. The lowest BCUT2D eigenvalue weighted by Gasteiger charge is -2.28. The van der Waals surface area contributed by atoms with Gasteiger partial charge in [0.2, 0.25) is 15.9 Å². The van der Waals surface area contributed by atoms with Crippen molar-refractivity contribution in [1.82, 2.24) is 14.5 Å². The van der Waals surface area contributed by atoms with Gasteiger partial charge in [0.05, 0.1) is 18.6 Å². The molecule has 34 heavy (non-hydrogen) atoms. The van der Waals surface area contributed by atoms with Gasteiger partial charge in [-0.3, -0.25) is 9.59 Å². The van der Waals surface area contributed by atoms with Crippen LogP contribution in [0.4, 0.5) is 0 Å². The zero-order valence-electron chi connectivity index (χ0n) is 19.8. The van der Waals surface area contributed by atoms with Crippen LogP contribution in [0.25, 0.3) is 0 Å². The van der Waals surface area contributed by atoms with Crippen LogP contribution in [0.1, 0.15) is 24.8 Å². The minimum absolute atomic E-state index is 0.00794. The molecule has 0 spiro atoms. The molecule has 0 bridgehead atoms. The molecule has 0 aliphatic rings. The topological polar surface area (TPSA) is 116 Å². The molecule has 0 saturated heterocycles. The molecule has 0 heterocycles. The monoisotopic (exact) mass is 491 g/mol. The Bertz CT molecular complexity index is 1030. The lowest BCUT2D eigenvalue weighted by Crippen LogP contribution is -2.44. The fourth-order valence-corrected chi connectivity index (χ4v) is 5.03. The molecule has 0 radical (unpaired) electrons. The zero-order chi connectivity index (χ0) is 25.1. The first-order valence-corrected chi connectivity index (χ1v) is 12.4. The molecule has 9 nitrogen and oxygen atoms in total. The van der Waals surface area contributed by atoms with Crippen LogP contribution in [-0.4, -0.2) is 74.9 Å². The molecule has 0 aliphatic carbocycles. The highest BCUT2D eigenvalue weighted by molar-refractivity contribution is 7.89. The van der Waals surface area contributed by atoms with E-state index in [-0.39, 0.29) is 30.3 Å². The molecule has 1 atom stereocenters. The third kappa shape index (κ3) is 8.12. The van der Waals surface area contributed by atoms with E-state index in [4.69, 9.17) is 4.74 Å². The summed E-state index contributed by atoms with van der Waals surface area (Å²) in [5, 5.41) is 12.7. The van der Waals surface area contributed by atoms with Gasteiger partial charge >= 0.3 is 5.97 Å². The number of rotatable bonds is 14. The van der Waals surface area contributed by atoms with Crippen molar-refractivity contribution in [3.05, 3.63) is 60.2 Å². The number of likely N-dealkylation sites (N-methyl/N-ethyl adjacent to an activating group) is 1. The second-order valence-electron chi connectivity index (χ2n) is 8.15. The Labute approximate surface area is 201 Å². The first-order valence-electron chi connectivity index (χ1n) is 11.0. The number of benzene rings is 2. The summed E-state index contributed by atoms with van der Waals surface area (Å²) in [5.74, 6) is -0.836. The van der Waals surface area contributed by atoms with Gasteiger partial charge in [-0.25, -0.2) is 8.42 Å². The van der Waals surface area contributed by atoms with Crippen LogP contribution in [0, 0.1) is 0 Å². The number of nitrogens with one attached hydrogen (secondary N) is 1. The van der Waals surface area contributed by atoms with Crippen LogP contribution in [0.2, 0.25) is 0 Å². The maximum absolute atomic E-state index is 13.5. The highest BCUT2D eigenvalue weighted by Gasteiger charge is 2.35. The molecule has 186 valence electrons. The van der Waals surface area contributed by atoms with Crippen LogP contribution in [-0.2, 0) is 26.2 Å². The number of hydrogen-bond donors (Lipinski definition) is 2. The van der Waals surface area contributed by atoms with Gasteiger partial charge in [0, 0.05) is 13.1 Å². The van der Waals surface area contributed by atoms with Crippen molar-refractivity contribution in [3.8, 4) is 5.75 Å². The number of methoxy groups -OCH3 is 1. The summed E-state index contributed by atoms with van der Waals surface area (Å²) < 4.78 is 33.2. The number of carboxylic acids is 1. The van der Waals surface area contributed by atoms with Crippen molar-refractivity contribution in [2.75, 3.05) is 34.3 Å². The minimum Gasteiger partial charge on any atom is -0.497 e. The Kier molecular flexibility index (Phi) is 10.5. The smallest absolute Gasteiger partial charge is 0.322 e. The molecule has 0 aliphatic heterocycles. The van der Waals surface area contributed by atoms with Gasteiger partial charge in [-0.1, -0.05) is 30.3 Å². The van der Waals surface area contributed by atoms with Crippen LogP contribution in [0.5, 0.6) is 5.75 Å². The van der Waals surface area contributed by atoms with Crippen LogP contribution in [0.15, 0.2) is 59.5 Å². The van der Waals surface area contributed by atoms with Gasteiger partial charge in [-0.05, 0) is 63.2 Å². The first kappa shape index (κ1) is 27.3. The second-order valence-corrected chi connectivity index (χ2v) is 10.0. The van der Waals surface area contributed by atoms with Crippen molar-refractivity contribution < 1.29 is 27.9 Å². The fourth-order valence-electron chi connectivity index (χ4n) is 3.43. The molecule has 1 amide bonds. The van der Waals surface area contributed by atoms with Gasteiger partial charge in [-0.2, -0.15) is 4.31 Å². The van der Waals surface area contributed by atoms with Crippen molar-refractivity contribution in [2.24, 2.45) is 0 Å². The predicted molar refractivity (Wildman–Crippen MR) is 129 cm³/mol. The molecular weight excluding hydrogens is 458 g/mol. The zero-order valence-corrected chi connectivity index (χ0v) is 20.6. The quantitative estimate of drug-likeness (QED) is 0.389. The highest BCUT2D eigenvalue weighted by Crippen LogP contribution is 2.25. The molecule has 0 saturated carbocycles. The van der Waals surface area contributed by atoms with E-state index in [0.29, 0.717) is 30.7 Å². The molecular formula is C24H33N3O6S. The molecule has 0 unspecified atom stereocenters. The lowest BCUT2D eigenvalue weighted by molar-refractivity contribution is -0.142. The largest absolute Gasteiger partial charge is 0.497 e. The SMILES string of the molecule is COc1ccc(S(=O)(=O)N(Cc2ccccc2)[C@H](CCCCNC(=O)CN(C)C)C(=O)O)cc1. The number of unbranched alkanes of at least 4 members (excludes halogenated alkanes) is 1. The number of nitrogens with zero attached hydrogens (tertiary/aromatic N) is 2. The Hall–Kier alpha value is -2.95. The molecule has 0 aromatic heterocycles. The molecule has 2 N–H and O–H groups in total. The summed E-state index contributed by atoms with van der Waals surface area (Å²) in [6.45, 7) is 0.581. The van der Waals surface area contributed by atoms with E-state index in [2.05, 4.69) is 5.32 Å². The maximum atomic E-state index is 13.5. The van der Waals surface area contributed by atoms with Gasteiger partial charge in [0.15, 0.2) is 0 Å². The third-order valence-corrected chi connectivity index (χ3v) is 7.04. The van der Waals surface area contributed by atoms with Crippen LogP contribution >= 0.6 is 0 Å². The average Bonchev–Trinajstić information content (AvgIpc) is 2.80. The van der Waals surface area contributed by atoms with E-state index in [1.165, 1.54) is 31.4 Å². The number of sulfonamides is 1. The second kappa shape index (κ2) is 13.1. The molecule has 0 fully saturated rings. The number of ether oxygens (including phenoxy) is 1. The summed E-state index contributed by atoms with van der Waals surface area (Å²) in [6, 6.07) is 13.5. The van der Waals surface area contributed by atoms with E-state index < -0.39 is 22.0 Å². The van der Waals surface area contributed by atoms with Crippen LogP contribution < -0.4 is 10.1 Å². The fraction of sp³-hybridized carbons (Fsp3) is 0.417. The van der Waals surface area contributed by atoms with Crippen molar-refractivity contribution >= 4 is 21.9 Å². The predicted octanol–water partition coefficient (Wildman–Crippen LogP) is 2.19. The molecule has 10 heteroatoms. The van der Waals surface area contributed by atoms with Gasteiger partial charge in [0.25, 0.3) is 0 Å². The number of carbonyl (C=O) groups is 2. The standard InChI is InChI=1S/C24H33N3O6S/c1-26(2)18-23(28)25-16-8-7-11-22(24(29)30)27(17-19-9-5-4-6-10-19)34(31,32)21-14-12-20(33-3)13-15-21/h4-6,9-10,12-15,22H,7-8,11,16-18H2,1-3H3,(H,25,28)(H,29,30)/t22-/m1/s1. The summed E-state index contributed by atoms with van der Waals surface area (Å²) in [5.41, 5.74) is 0.682. The van der Waals surface area contributed by atoms with Crippen molar-refractivity contribution in [1.29, 1.82) is 0 Å². The van der Waals surface area contributed by atoms with Gasteiger partial charge in [-0.15, -0.1) is 0 Å². The minimum atomic E-state index is -4.12. The number of hydrogen-bond acceptors (Lipinski definition) is 6. The Balaban J connectivity index is 2.20. The normalized spacial score (nSPS) is 12.5. The summed E-state index contributed by atoms with van der Waals surface area (Å²) in [7, 11) is 0.951. The summed E-state index contributed by atoms with van der Waals surface area (Å²) >= 11 is 0. The Morgan fingerprint density at radius 2 is 1.68 bits per heavy atom. The van der Waals surface area contributed by atoms with Crippen molar-refractivity contribution in [3.63, 3.8) is 0 Å². The molecule has 2 rings (SSSR count). The average molecular weight is 492 g/mol. The number of carboxylic acid groups (broad SMARTS) is 1. The van der Waals surface area contributed by atoms with Crippen LogP contribution in [0.3, 0.4) is 0 Å². The van der Waals surface area contributed by atoms with Crippen molar-refractivity contribution in [2.45, 2.75) is 36.7 Å². The number of amides is 1. The lowest BCUT2D eigenvalue weighted by atomic mass is 10.1. The molecule has 2 aromatic rings.